The molecule has 0 spiro atoms. The van der Waals surface area contributed by atoms with E-state index in [9.17, 15) is 9.00 Å². The molecule has 2 N–H and O–H groups in total. The van der Waals surface area contributed by atoms with Gasteiger partial charge in [-0.1, -0.05) is 30.3 Å². The molecule has 4 nitrogen and oxygen atoms in total. The minimum absolute atomic E-state index is 0.0151. The van der Waals surface area contributed by atoms with Crippen molar-refractivity contribution in [2.75, 3.05) is 23.4 Å². The van der Waals surface area contributed by atoms with Gasteiger partial charge in [-0.05, 0) is 29.8 Å². The average Bonchev–Trinajstić information content (AvgIpc) is 2.63. The van der Waals surface area contributed by atoms with Gasteiger partial charge in [-0.2, -0.15) is 11.8 Å². The Bertz CT molecular complexity index is 731. The van der Waals surface area contributed by atoms with E-state index in [-0.39, 0.29) is 11.9 Å². The van der Waals surface area contributed by atoms with E-state index >= 15 is 0 Å². The van der Waals surface area contributed by atoms with Crippen LogP contribution in [0.25, 0.3) is 0 Å². The third-order valence-corrected chi connectivity index (χ3v) is 6.47. The van der Waals surface area contributed by atoms with Crippen LogP contribution >= 0.6 is 11.8 Å². The van der Waals surface area contributed by atoms with E-state index in [0.717, 1.165) is 34.2 Å². The normalized spacial score (nSPS) is 18.5. The highest BCUT2D eigenvalue weighted by atomic mass is 32.2. The van der Waals surface area contributed by atoms with Crippen LogP contribution in [-0.2, 0) is 21.3 Å². The SMILES string of the molecule is O=C(CC1CSCCN1)Nc1cccc(CS(=O)c2ccccc2)c1. The Balaban J connectivity index is 1.57. The van der Waals surface area contributed by atoms with Crippen LogP contribution in [0.15, 0.2) is 59.5 Å². The molecule has 132 valence electrons. The molecule has 1 aliphatic rings. The number of rotatable bonds is 6. The van der Waals surface area contributed by atoms with Crippen molar-refractivity contribution in [2.24, 2.45) is 0 Å². The molecule has 1 fully saturated rings. The van der Waals surface area contributed by atoms with E-state index < -0.39 is 10.8 Å². The second kappa shape index (κ2) is 9.17. The lowest BCUT2D eigenvalue weighted by atomic mass is 10.2. The fourth-order valence-corrected chi connectivity index (χ4v) is 4.79. The summed E-state index contributed by atoms with van der Waals surface area (Å²) in [6.45, 7) is 0.962. The number of thioether (sulfide) groups is 1. The number of nitrogens with one attached hydrogen (secondary N) is 2. The Morgan fingerprint density at radius 3 is 2.80 bits per heavy atom. The van der Waals surface area contributed by atoms with E-state index in [4.69, 9.17) is 0 Å². The van der Waals surface area contributed by atoms with E-state index in [0.29, 0.717) is 12.2 Å². The van der Waals surface area contributed by atoms with Gasteiger partial charge < -0.3 is 10.6 Å². The largest absolute Gasteiger partial charge is 0.326 e. The summed E-state index contributed by atoms with van der Waals surface area (Å²) in [5.74, 6) is 2.54. The van der Waals surface area contributed by atoms with Gasteiger partial charge in [-0.25, -0.2) is 0 Å². The van der Waals surface area contributed by atoms with E-state index in [2.05, 4.69) is 10.6 Å². The van der Waals surface area contributed by atoms with Crippen LogP contribution in [0.5, 0.6) is 0 Å². The van der Waals surface area contributed by atoms with Crippen molar-refractivity contribution < 1.29 is 9.00 Å². The number of carbonyl (C=O) groups is 1. The van der Waals surface area contributed by atoms with Gasteiger partial charge in [0.25, 0.3) is 0 Å². The van der Waals surface area contributed by atoms with Gasteiger partial charge in [-0.15, -0.1) is 0 Å². The zero-order valence-corrected chi connectivity index (χ0v) is 15.6. The summed E-state index contributed by atoms with van der Waals surface area (Å²) in [4.78, 5) is 13.0. The summed E-state index contributed by atoms with van der Waals surface area (Å²) in [5.41, 5.74) is 1.71. The van der Waals surface area contributed by atoms with Gasteiger partial charge >= 0.3 is 0 Å². The number of benzene rings is 2. The van der Waals surface area contributed by atoms with Crippen molar-refractivity contribution in [1.82, 2.24) is 5.32 Å². The Morgan fingerprint density at radius 2 is 2.04 bits per heavy atom. The Morgan fingerprint density at radius 1 is 1.20 bits per heavy atom. The minimum Gasteiger partial charge on any atom is -0.326 e. The predicted octanol–water partition coefficient (Wildman–Crippen LogP) is 3.03. The molecule has 2 aromatic carbocycles. The smallest absolute Gasteiger partial charge is 0.225 e. The fourth-order valence-electron chi connectivity index (χ4n) is 2.73. The first-order chi connectivity index (χ1) is 12.2. The molecule has 1 saturated heterocycles. The highest BCUT2D eigenvalue weighted by Gasteiger charge is 2.16. The molecule has 2 aromatic rings. The van der Waals surface area contributed by atoms with Gasteiger partial charge in [-0.3, -0.25) is 9.00 Å². The molecule has 0 aromatic heterocycles. The molecule has 1 aliphatic heterocycles. The molecular formula is C19H22N2O2S2. The van der Waals surface area contributed by atoms with E-state index in [1.807, 2.05) is 66.4 Å². The Labute approximate surface area is 155 Å². The average molecular weight is 375 g/mol. The highest BCUT2D eigenvalue weighted by Crippen LogP contribution is 2.17. The quantitative estimate of drug-likeness (QED) is 0.816. The second-order valence-electron chi connectivity index (χ2n) is 5.98. The third kappa shape index (κ3) is 5.70. The molecule has 2 unspecified atom stereocenters. The van der Waals surface area contributed by atoms with Crippen molar-refractivity contribution >= 4 is 34.2 Å². The first-order valence-corrected chi connectivity index (χ1v) is 10.8. The Kier molecular flexibility index (Phi) is 6.67. The van der Waals surface area contributed by atoms with Crippen molar-refractivity contribution in [3.05, 3.63) is 60.2 Å². The molecule has 1 amide bonds. The molecule has 0 radical (unpaired) electrons. The van der Waals surface area contributed by atoms with Gasteiger partial charge in [0.1, 0.15) is 0 Å². The van der Waals surface area contributed by atoms with Gasteiger partial charge in [0, 0.05) is 41.1 Å². The van der Waals surface area contributed by atoms with Gasteiger partial charge in [0.2, 0.25) is 5.91 Å². The monoisotopic (exact) mass is 374 g/mol. The first-order valence-electron chi connectivity index (χ1n) is 8.34. The number of hydrogen-bond donors (Lipinski definition) is 2. The number of carbonyl (C=O) groups excluding carboxylic acids is 1. The van der Waals surface area contributed by atoms with Crippen LogP contribution in [0.2, 0.25) is 0 Å². The maximum Gasteiger partial charge on any atom is 0.225 e. The van der Waals surface area contributed by atoms with Crippen LogP contribution in [0.3, 0.4) is 0 Å². The van der Waals surface area contributed by atoms with E-state index in [1.54, 1.807) is 0 Å². The molecule has 25 heavy (non-hydrogen) atoms. The van der Waals surface area contributed by atoms with Crippen molar-refractivity contribution in [3.63, 3.8) is 0 Å². The number of anilines is 1. The second-order valence-corrected chi connectivity index (χ2v) is 8.58. The molecular weight excluding hydrogens is 352 g/mol. The van der Waals surface area contributed by atoms with Gasteiger partial charge in [0.05, 0.1) is 16.6 Å². The van der Waals surface area contributed by atoms with Crippen molar-refractivity contribution in [2.45, 2.75) is 23.1 Å². The fraction of sp³-hybridized carbons (Fsp3) is 0.316. The zero-order valence-electron chi connectivity index (χ0n) is 13.9. The number of hydrogen-bond acceptors (Lipinski definition) is 4. The molecule has 3 rings (SSSR count). The number of amides is 1. The zero-order chi connectivity index (χ0) is 17.5. The van der Waals surface area contributed by atoms with Crippen LogP contribution < -0.4 is 10.6 Å². The third-order valence-electron chi connectivity index (χ3n) is 3.94. The first kappa shape index (κ1) is 18.2. The van der Waals surface area contributed by atoms with Crippen molar-refractivity contribution in [1.29, 1.82) is 0 Å². The maximum atomic E-state index is 12.4. The molecule has 1 heterocycles. The molecule has 6 heteroatoms. The highest BCUT2D eigenvalue weighted by molar-refractivity contribution is 7.99. The van der Waals surface area contributed by atoms with Crippen LogP contribution in [0.1, 0.15) is 12.0 Å². The predicted molar refractivity (Wildman–Crippen MR) is 105 cm³/mol. The van der Waals surface area contributed by atoms with Crippen LogP contribution in [0, 0.1) is 0 Å². The van der Waals surface area contributed by atoms with Gasteiger partial charge in [0.15, 0.2) is 0 Å². The summed E-state index contributed by atoms with van der Waals surface area (Å²) in [6.07, 6.45) is 0.479. The lowest BCUT2D eigenvalue weighted by molar-refractivity contribution is -0.116. The summed E-state index contributed by atoms with van der Waals surface area (Å²) >= 11 is 1.88. The lowest BCUT2D eigenvalue weighted by Crippen LogP contribution is -2.39. The van der Waals surface area contributed by atoms with E-state index in [1.165, 1.54) is 0 Å². The van der Waals surface area contributed by atoms with Crippen LogP contribution in [0.4, 0.5) is 5.69 Å². The molecule has 0 bridgehead atoms. The summed E-state index contributed by atoms with van der Waals surface area (Å²) < 4.78 is 12.4. The summed E-state index contributed by atoms with van der Waals surface area (Å²) in [7, 11) is -1.09. The minimum atomic E-state index is -1.09. The molecule has 0 saturated carbocycles. The summed E-state index contributed by atoms with van der Waals surface area (Å²) in [6, 6.07) is 17.3. The van der Waals surface area contributed by atoms with Crippen molar-refractivity contribution in [3.8, 4) is 0 Å². The topological polar surface area (TPSA) is 58.2 Å². The lowest BCUT2D eigenvalue weighted by Gasteiger charge is -2.22. The summed E-state index contributed by atoms with van der Waals surface area (Å²) in [5, 5.41) is 6.33. The standard InChI is InChI=1S/C19H22N2O2S2/c22-19(12-17-13-24-10-9-20-17)21-16-6-4-5-15(11-16)14-25(23)18-7-2-1-3-8-18/h1-8,11,17,20H,9-10,12-14H2,(H,21,22). The van der Waals surface area contributed by atoms with Crippen LogP contribution in [-0.4, -0.2) is 34.2 Å². The molecule has 0 aliphatic carbocycles. The Hall–Kier alpha value is -1.63. The maximum absolute atomic E-state index is 12.4. The molecule has 2 atom stereocenters.